The van der Waals surface area contributed by atoms with Gasteiger partial charge in [-0.25, -0.2) is 0 Å². The lowest BCUT2D eigenvalue weighted by molar-refractivity contribution is 0.460. The molecule has 0 aromatic rings. The van der Waals surface area contributed by atoms with Crippen LogP contribution in [0, 0.1) is 11.3 Å². The topological polar surface area (TPSA) is 38.0 Å². The highest BCUT2D eigenvalue weighted by molar-refractivity contribution is 5.20. The Balaban J connectivity index is -0.0000000773. The molecule has 28 heavy (non-hydrogen) atoms. The minimum atomic E-state index is 0.237. The second kappa shape index (κ2) is 36.5. The van der Waals surface area contributed by atoms with Gasteiger partial charge in [-0.05, 0) is 29.9 Å². The van der Waals surface area contributed by atoms with Gasteiger partial charge >= 0.3 is 0 Å². The Bertz CT molecular complexity index is 301. The van der Waals surface area contributed by atoms with E-state index in [9.17, 15) is 0 Å². The fourth-order valence-corrected chi connectivity index (χ4v) is 1.14. The Morgan fingerprint density at radius 2 is 1.29 bits per heavy atom. The zero-order valence-corrected chi connectivity index (χ0v) is 21.3. The van der Waals surface area contributed by atoms with Crippen LogP contribution in [0.15, 0.2) is 63.3 Å². The summed E-state index contributed by atoms with van der Waals surface area (Å²) in [4.78, 5) is 0. The maximum absolute atomic E-state index is 5.91. The summed E-state index contributed by atoms with van der Waals surface area (Å²) in [5.41, 5.74) is 7.62. The molecule has 0 saturated carbocycles. The summed E-state index contributed by atoms with van der Waals surface area (Å²) in [7, 11) is 0. The van der Waals surface area contributed by atoms with Gasteiger partial charge in [-0.2, -0.15) is 0 Å². The number of hydrogen-bond donors (Lipinski definition) is 2. The Hall–Kier alpha value is -1.38. The van der Waals surface area contributed by atoms with Gasteiger partial charge in [0.15, 0.2) is 0 Å². The van der Waals surface area contributed by atoms with E-state index < -0.39 is 0 Å². The second-order valence-electron chi connectivity index (χ2n) is 7.04. The van der Waals surface area contributed by atoms with E-state index in [0.717, 1.165) is 19.5 Å². The number of nitrogens with one attached hydrogen (secondary N) is 1. The summed E-state index contributed by atoms with van der Waals surface area (Å²) in [6, 6.07) is 0.237. The fourth-order valence-electron chi connectivity index (χ4n) is 1.14. The highest BCUT2D eigenvalue weighted by Crippen LogP contribution is 2.08. The molecule has 2 nitrogen and oxygen atoms in total. The first-order chi connectivity index (χ1) is 13.1. The molecular formula is C26H56N2. The molecular weight excluding hydrogens is 340 g/mol. The Morgan fingerprint density at radius 3 is 1.54 bits per heavy atom. The van der Waals surface area contributed by atoms with E-state index in [1.807, 2.05) is 39.8 Å². The van der Waals surface area contributed by atoms with Crippen molar-refractivity contribution >= 4 is 0 Å². The largest absolute Gasteiger partial charge is 0.326 e. The molecule has 0 aliphatic rings. The van der Waals surface area contributed by atoms with E-state index in [1.54, 1.807) is 6.08 Å². The van der Waals surface area contributed by atoms with Gasteiger partial charge in [0.25, 0.3) is 0 Å². The van der Waals surface area contributed by atoms with Crippen LogP contribution in [0.5, 0.6) is 0 Å². The summed E-state index contributed by atoms with van der Waals surface area (Å²) in [6.45, 7) is 42.3. The molecule has 0 radical (unpaired) electrons. The molecule has 0 heterocycles. The average Bonchev–Trinajstić information content (AvgIpc) is 2.69. The first-order valence-electron chi connectivity index (χ1n) is 10.5. The standard InChI is InChI=1S/C13H24N2.C5H12.2C2H6.2C2H4/c1-5-7-12(6-2)8-9-15-10-13(14)11(3)4;1-5(2,3)4;4*1-2/h5-7,11,13,15H,1-2,8-10,14H2,3-4H3;1-4H3;2*1-2H3;2*1-2H2/b12-7+;;;;;. The molecule has 0 aliphatic heterocycles. The van der Waals surface area contributed by atoms with Crippen LogP contribution in [-0.2, 0) is 0 Å². The van der Waals surface area contributed by atoms with Crippen LogP contribution in [0.4, 0.5) is 0 Å². The van der Waals surface area contributed by atoms with Gasteiger partial charge < -0.3 is 11.1 Å². The lowest BCUT2D eigenvalue weighted by Crippen LogP contribution is -2.38. The molecule has 3 N–H and O–H groups in total. The van der Waals surface area contributed by atoms with Crippen molar-refractivity contribution in [3.05, 3.63) is 63.3 Å². The fraction of sp³-hybridized carbons (Fsp3) is 0.615. The van der Waals surface area contributed by atoms with E-state index >= 15 is 0 Å². The van der Waals surface area contributed by atoms with Gasteiger partial charge in [-0.1, -0.05) is 101 Å². The zero-order chi connectivity index (χ0) is 24.2. The van der Waals surface area contributed by atoms with E-state index in [1.165, 1.54) is 5.57 Å². The van der Waals surface area contributed by atoms with Crippen molar-refractivity contribution in [1.29, 1.82) is 0 Å². The van der Waals surface area contributed by atoms with Crippen molar-refractivity contribution in [2.75, 3.05) is 13.1 Å². The van der Waals surface area contributed by atoms with Gasteiger partial charge in [0.05, 0.1) is 0 Å². The van der Waals surface area contributed by atoms with E-state index in [-0.39, 0.29) is 6.04 Å². The number of allylic oxidation sites excluding steroid dienone is 3. The lowest BCUT2D eigenvalue weighted by atomic mass is 10.0. The third-order valence-electron chi connectivity index (χ3n) is 2.42. The van der Waals surface area contributed by atoms with E-state index in [0.29, 0.717) is 11.3 Å². The van der Waals surface area contributed by atoms with Gasteiger partial charge in [0, 0.05) is 12.6 Å². The van der Waals surface area contributed by atoms with Crippen LogP contribution in [-0.4, -0.2) is 19.1 Å². The molecule has 2 heteroatoms. The summed E-state index contributed by atoms with van der Waals surface area (Å²) in [5, 5.41) is 3.34. The summed E-state index contributed by atoms with van der Waals surface area (Å²) < 4.78 is 0. The SMILES string of the molecule is C=C.C=C.C=C/C=C(\C=C)CCNCC(N)C(C)C.CC.CC.CC(C)(C)C. The van der Waals surface area contributed by atoms with Crippen molar-refractivity contribution < 1.29 is 0 Å². The van der Waals surface area contributed by atoms with Crippen LogP contribution in [0.1, 0.15) is 75.7 Å². The van der Waals surface area contributed by atoms with Gasteiger partial charge in [0.2, 0.25) is 0 Å². The van der Waals surface area contributed by atoms with Crippen LogP contribution in [0.2, 0.25) is 0 Å². The highest BCUT2D eigenvalue weighted by atomic mass is 14.9. The molecule has 0 rings (SSSR count). The van der Waals surface area contributed by atoms with E-state index in [4.69, 9.17) is 5.73 Å². The van der Waals surface area contributed by atoms with Gasteiger partial charge in [-0.15, -0.1) is 26.3 Å². The summed E-state index contributed by atoms with van der Waals surface area (Å²) in [5.74, 6) is 0.528. The lowest BCUT2D eigenvalue weighted by Gasteiger charge is -2.16. The van der Waals surface area contributed by atoms with Crippen molar-refractivity contribution in [3.63, 3.8) is 0 Å². The smallest absolute Gasteiger partial charge is 0.0188 e. The van der Waals surface area contributed by atoms with Gasteiger partial charge in [0.1, 0.15) is 0 Å². The van der Waals surface area contributed by atoms with E-state index in [2.05, 4.69) is 86.3 Å². The quantitative estimate of drug-likeness (QED) is 0.248. The summed E-state index contributed by atoms with van der Waals surface area (Å²) in [6.07, 6.45) is 6.61. The second-order valence-corrected chi connectivity index (χ2v) is 7.04. The first-order valence-corrected chi connectivity index (χ1v) is 10.5. The van der Waals surface area contributed by atoms with Crippen molar-refractivity contribution in [1.82, 2.24) is 5.32 Å². The Morgan fingerprint density at radius 1 is 0.929 bits per heavy atom. The molecule has 170 valence electrons. The molecule has 1 unspecified atom stereocenters. The minimum absolute atomic E-state index is 0.237. The predicted octanol–water partition coefficient (Wildman–Crippen LogP) is 7.96. The molecule has 0 fully saturated rings. The molecule has 0 bridgehead atoms. The number of hydrogen-bond acceptors (Lipinski definition) is 2. The highest BCUT2D eigenvalue weighted by Gasteiger charge is 2.05. The van der Waals surface area contributed by atoms with Crippen LogP contribution >= 0.6 is 0 Å². The Labute approximate surface area is 180 Å². The zero-order valence-electron chi connectivity index (χ0n) is 21.3. The van der Waals surface area contributed by atoms with Crippen LogP contribution in [0.25, 0.3) is 0 Å². The molecule has 0 aromatic heterocycles. The Kier molecular flexibility index (Phi) is 53.6. The van der Waals surface area contributed by atoms with Crippen molar-refractivity contribution in [2.24, 2.45) is 17.1 Å². The third kappa shape index (κ3) is 64.3. The molecule has 0 spiro atoms. The van der Waals surface area contributed by atoms with Crippen molar-refractivity contribution in [3.8, 4) is 0 Å². The maximum Gasteiger partial charge on any atom is 0.0188 e. The van der Waals surface area contributed by atoms with Gasteiger partial charge in [-0.3, -0.25) is 0 Å². The molecule has 0 aromatic carbocycles. The molecule has 0 aliphatic carbocycles. The first kappa shape index (κ1) is 41.1. The molecule has 0 amide bonds. The van der Waals surface area contributed by atoms with Crippen LogP contribution in [0.3, 0.4) is 0 Å². The monoisotopic (exact) mass is 396 g/mol. The molecule has 0 saturated heterocycles. The number of rotatable bonds is 8. The average molecular weight is 397 g/mol. The molecule has 1 atom stereocenters. The number of nitrogens with two attached hydrogens (primary N) is 1. The summed E-state index contributed by atoms with van der Waals surface area (Å²) >= 11 is 0. The van der Waals surface area contributed by atoms with Crippen LogP contribution < -0.4 is 11.1 Å². The minimum Gasteiger partial charge on any atom is -0.326 e. The normalized spacial score (nSPS) is 10.4. The maximum atomic E-state index is 5.91. The predicted molar refractivity (Wildman–Crippen MR) is 139 cm³/mol. The van der Waals surface area contributed by atoms with Crippen molar-refractivity contribution in [2.45, 2.75) is 81.7 Å². The third-order valence-corrected chi connectivity index (χ3v) is 2.42.